The van der Waals surface area contributed by atoms with Crippen LogP contribution in [0.25, 0.3) is 11.1 Å². The molecule has 0 fully saturated rings. The molecule has 0 aliphatic rings. The highest BCUT2D eigenvalue weighted by Gasteiger charge is 2.14. The van der Waals surface area contributed by atoms with E-state index in [4.69, 9.17) is 0 Å². The minimum atomic E-state index is -0.597. The summed E-state index contributed by atoms with van der Waals surface area (Å²) in [5, 5.41) is 20.2. The molecular formula is C13H12N2O3. The second kappa shape index (κ2) is 4.44. The van der Waals surface area contributed by atoms with Crippen LogP contribution in [0.2, 0.25) is 0 Å². The predicted molar refractivity (Wildman–Crippen MR) is 67.5 cm³/mol. The highest BCUT2D eigenvalue weighted by atomic mass is 16.6. The minimum absolute atomic E-state index is 0.292. The van der Waals surface area contributed by atoms with Crippen LogP contribution in [0.1, 0.15) is 11.4 Å². The topological polar surface area (TPSA) is 76.3 Å². The normalized spacial score (nSPS) is 10.3. The van der Waals surface area contributed by atoms with E-state index in [0.29, 0.717) is 5.56 Å². The average Bonchev–Trinajstić information content (AvgIpc) is 2.27. The van der Waals surface area contributed by atoms with E-state index in [1.165, 1.54) is 12.1 Å². The van der Waals surface area contributed by atoms with E-state index in [1.54, 1.807) is 6.07 Å². The number of aromatic hydroxyl groups is 1. The van der Waals surface area contributed by atoms with Crippen molar-refractivity contribution in [3.05, 3.63) is 51.8 Å². The quantitative estimate of drug-likeness (QED) is 0.650. The molecule has 0 spiro atoms. The number of hydrogen-bond acceptors (Lipinski definition) is 4. The van der Waals surface area contributed by atoms with Gasteiger partial charge in [0.05, 0.1) is 4.92 Å². The Balaban J connectivity index is 2.57. The third kappa shape index (κ3) is 2.29. The van der Waals surface area contributed by atoms with Gasteiger partial charge in [-0.05, 0) is 43.2 Å². The van der Waals surface area contributed by atoms with Gasteiger partial charge in [-0.25, -0.2) is 0 Å². The number of phenols is 1. The Labute approximate surface area is 104 Å². The summed E-state index contributed by atoms with van der Waals surface area (Å²) in [5.74, 6) is -0.328. The number of nitro benzene ring substituents is 1. The molecule has 0 aliphatic carbocycles. The van der Waals surface area contributed by atoms with Crippen LogP contribution >= 0.6 is 0 Å². The van der Waals surface area contributed by atoms with Gasteiger partial charge in [-0.15, -0.1) is 0 Å². The van der Waals surface area contributed by atoms with E-state index in [9.17, 15) is 15.2 Å². The predicted octanol–water partition coefficient (Wildman–Crippen LogP) is 2.98. The van der Waals surface area contributed by atoms with E-state index in [0.717, 1.165) is 17.0 Å². The summed E-state index contributed by atoms with van der Waals surface area (Å²) in [6.45, 7) is 3.73. The van der Waals surface area contributed by atoms with Gasteiger partial charge in [-0.3, -0.25) is 15.1 Å². The second-order valence-electron chi connectivity index (χ2n) is 4.10. The number of nitrogens with zero attached hydrogens (tertiary/aromatic N) is 2. The molecule has 0 unspecified atom stereocenters. The Hall–Kier alpha value is -2.43. The Morgan fingerprint density at radius 3 is 2.28 bits per heavy atom. The van der Waals surface area contributed by atoms with Crippen LogP contribution in [0.3, 0.4) is 0 Å². The molecule has 18 heavy (non-hydrogen) atoms. The van der Waals surface area contributed by atoms with Gasteiger partial charge in [0, 0.05) is 17.5 Å². The highest BCUT2D eigenvalue weighted by Crippen LogP contribution is 2.31. The number of aromatic nitrogens is 1. The Morgan fingerprint density at radius 1 is 1.11 bits per heavy atom. The molecule has 1 heterocycles. The maximum absolute atomic E-state index is 10.8. The van der Waals surface area contributed by atoms with Crippen LogP contribution in [-0.2, 0) is 0 Å². The van der Waals surface area contributed by atoms with Crippen molar-refractivity contribution in [2.45, 2.75) is 13.8 Å². The molecule has 92 valence electrons. The van der Waals surface area contributed by atoms with Crippen molar-refractivity contribution >= 4 is 5.69 Å². The number of nitro groups is 1. The first-order chi connectivity index (χ1) is 8.47. The van der Waals surface area contributed by atoms with Gasteiger partial charge in [0.15, 0.2) is 5.75 Å². The molecule has 0 amide bonds. The number of phenolic OH excluding ortho intramolecular Hbond substituents is 1. The maximum Gasteiger partial charge on any atom is 0.311 e. The fourth-order valence-electron chi connectivity index (χ4n) is 1.85. The molecule has 0 saturated heterocycles. The van der Waals surface area contributed by atoms with Gasteiger partial charge < -0.3 is 5.11 Å². The first-order valence-electron chi connectivity index (χ1n) is 5.40. The monoisotopic (exact) mass is 244 g/mol. The Bertz CT molecular complexity index is 603. The largest absolute Gasteiger partial charge is 0.502 e. The molecule has 2 rings (SSSR count). The van der Waals surface area contributed by atoms with E-state index >= 15 is 0 Å². The summed E-state index contributed by atoms with van der Waals surface area (Å²) in [4.78, 5) is 14.4. The lowest BCUT2D eigenvalue weighted by Crippen LogP contribution is -1.91. The smallest absolute Gasteiger partial charge is 0.311 e. The summed E-state index contributed by atoms with van der Waals surface area (Å²) in [6, 6.07) is 8.05. The number of hydrogen-bond donors (Lipinski definition) is 1. The zero-order valence-corrected chi connectivity index (χ0v) is 10.0. The van der Waals surface area contributed by atoms with Gasteiger partial charge in [0.25, 0.3) is 0 Å². The van der Waals surface area contributed by atoms with Crippen LogP contribution in [-0.4, -0.2) is 15.0 Å². The number of rotatable bonds is 2. The lowest BCUT2D eigenvalue weighted by atomic mass is 10.0. The first-order valence-corrected chi connectivity index (χ1v) is 5.40. The SMILES string of the molecule is Cc1cc(-c2ccc(O)c([N+](=O)[O-])c2)cc(C)n1. The molecule has 1 aromatic carbocycles. The van der Waals surface area contributed by atoms with Gasteiger partial charge in [0.1, 0.15) is 0 Å². The highest BCUT2D eigenvalue weighted by molar-refractivity contribution is 5.69. The Morgan fingerprint density at radius 2 is 1.72 bits per heavy atom. The van der Waals surface area contributed by atoms with Crippen molar-refractivity contribution in [1.82, 2.24) is 4.98 Å². The van der Waals surface area contributed by atoms with E-state index in [2.05, 4.69) is 4.98 Å². The second-order valence-corrected chi connectivity index (χ2v) is 4.10. The minimum Gasteiger partial charge on any atom is -0.502 e. The summed E-state index contributed by atoms with van der Waals surface area (Å²) >= 11 is 0. The maximum atomic E-state index is 10.8. The number of pyridine rings is 1. The Kier molecular flexibility index (Phi) is 2.97. The molecular weight excluding hydrogens is 232 g/mol. The lowest BCUT2D eigenvalue weighted by molar-refractivity contribution is -0.385. The fourth-order valence-corrected chi connectivity index (χ4v) is 1.85. The van der Waals surface area contributed by atoms with Gasteiger partial charge in [-0.1, -0.05) is 6.07 Å². The van der Waals surface area contributed by atoms with Crippen LogP contribution in [0.4, 0.5) is 5.69 Å². The molecule has 0 aliphatic heterocycles. The standard InChI is InChI=1S/C13H12N2O3/c1-8-5-11(6-9(2)14-8)10-3-4-13(16)12(7-10)15(17)18/h3-7,16H,1-2H3. The van der Waals surface area contributed by atoms with Crippen LogP contribution in [0.5, 0.6) is 5.75 Å². The molecule has 2 aromatic rings. The third-order valence-electron chi connectivity index (χ3n) is 2.59. The first kappa shape index (κ1) is 12.0. The van der Waals surface area contributed by atoms with Gasteiger partial charge >= 0.3 is 5.69 Å². The molecule has 5 nitrogen and oxygen atoms in total. The molecule has 5 heteroatoms. The van der Waals surface area contributed by atoms with Crippen molar-refractivity contribution in [2.75, 3.05) is 0 Å². The molecule has 0 atom stereocenters. The zero-order chi connectivity index (χ0) is 13.3. The molecule has 0 saturated carbocycles. The van der Waals surface area contributed by atoms with Crippen LogP contribution < -0.4 is 0 Å². The third-order valence-corrected chi connectivity index (χ3v) is 2.59. The molecule has 0 bridgehead atoms. The van der Waals surface area contributed by atoms with Crippen molar-refractivity contribution in [3.63, 3.8) is 0 Å². The zero-order valence-electron chi connectivity index (χ0n) is 10.0. The summed E-state index contributed by atoms with van der Waals surface area (Å²) < 4.78 is 0. The summed E-state index contributed by atoms with van der Waals surface area (Å²) in [7, 11) is 0. The van der Waals surface area contributed by atoms with Crippen molar-refractivity contribution in [1.29, 1.82) is 0 Å². The van der Waals surface area contributed by atoms with Crippen LogP contribution in [0, 0.1) is 24.0 Å². The van der Waals surface area contributed by atoms with E-state index in [1.807, 2.05) is 26.0 Å². The van der Waals surface area contributed by atoms with Crippen molar-refractivity contribution < 1.29 is 10.0 Å². The average molecular weight is 244 g/mol. The van der Waals surface area contributed by atoms with E-state index in [-0.39, 0.29) is 11.4 Å². The number of aryl methyl sites for hydroxylation is 2. The van der Waals surface area contributed by atoms with Crippen molar-refractivity contribution in [2.24, 2.45) is 0 Å². The summed E-state index contributed by atoms with van der Waals surface area (Å²) in [6.07, 6.45) is 0. The fraction of sp³-hybridized carbons (Fsp3) is 0.154. The number of benzene rings is 1. The van der Waals surface area contributed by atoms with Crippen LogP contribution in [0.15, 0.2) is 30.3 Å². The summed E-state index contributed by atoms with van der Waals surface area (Å²) in [5.41, 5.74) is 2.94. The van der Waals surface area contributed by atoms with E-state index < -0.39 is 4.92 Å². The molecule has 0 radical (unpaired) electrons. The lowest BCUT2D eigenvalue weighted by Gasteiger charge is -2.05. The molecule has 1 N–H and O–H groups in total. The van der Waals surface area contributed by atoms with Gasteiger partial charge in [-0.2, -0.15) is 0 Å². The van der Waals surface area contributed by atoms with Crippen molar-refractivity contribution in [3.8, 4) is 16.9 Å². The molecule has 1 aromatic heterocycles. The van der Waals surface area contributed by atoms with Gasteiger partial charge in [0.2, 0.25) is 0 Å².